The molecular weight excluding hydrogens is 246 g/mol. The number of rotatable bonds is 1. The van der Waals surface area contributed by atoms with E-state index in [2.05, 4.69) is 10.8 Å². The van der Waals surface area contributed by atoms with E-state index < -0.39 is 0 Å². The van der Waals surface area contributed by atoms with Gasteiger partial charge in [-0.15, -0.1) is 0 Å². The molecule has 1 aromatic rings. The first kappa shape index (κ1) is 15.0. The van der Waals surface area contributed by atoms with Crippen molar-refractivity contribution in [3.8, 4) is 5.75 Å². The Morgan fingerprint density at radius 1 is 1.47 bits per heavy atom. The van der Waals surface area contributed by atoms with Crippen LogP contribution in [0.2, 0.25) is 0 Å². The molecule has 2 rings (SSSR count). The second kappa shape index (κ2) is 7.41. The van der Waals surface area contributed by atoms with Gasteiger partial charge in [0.1, 0.15) is 12.4 Å². The largest absolute Gasteiger partial charge is 0.491 e. The van der Waals surface area contributed by atoms with E-state index in [1.165, 1.54) is 12.7 Å². The van der Waals surface area contributed by atoms with Crippen LogP contribution in [0, 0.1) is 6.92 Å². The van der Waals surface area contributed by atoms with E-state index in [1.807, 2.05) is 24.0 Å². The SMILES string of the molecule is CC(=O)N1CCOc2ccc(C)cc2C1.COC=O. The van der Waals surface area contributed by atoms with Crippen molar-refractivity contribution in [2.75, 3.05) is 20.3 Å². The number of hydrogen-bond donors (Lipinski definition) is 0. The molecule has 0 saturated heterocycles. The van der Waals surface area contributed by atoms with Crippen LogP contribution in [0.1, 0.15) is 18.1 Å². The molecular formula is C14H19NO4. The normalized spacial score (nSPS) is 13.1. The van der Waals surface area contributed by atoms with Gasteiger partial charge in [-0.3, -0.25) is 9.59 Å². The molecule has 0 saturated carbocycles. The van der Waals surface area contributed by atoms with Gasteiger partial charge in [-0.25, -0.2) is 0 Å². The van der Waals surface area contributed by atoms with Crippen LogP contribution < -0.4 is 4.74 Å². The van der Waals surface area contributed by atoms with Crippen molar-refractivity contribution < 1.29 is 19.1 Å². The second-order valence-electron chi connectivity index (χ2n) is 4.23. The molecule has 1 heterocycles. The number of nitrogens with zero attached hydrogens (tertiary/aromatic N) is 1. The Balaban J connectivity index is 0.000000399. The summed E-state index contributed by atoms with van der Waals surface area (Å²) in [4.78, 5) is 22.1. The smallest absolute Gasteiger partial charge is 0.292 e. The molecule has 5 heteroatoms. The van der Waals surface area contributed by atoms with Crippen molar-refractivity contribution in [1.29, 1.82) is 0 Å². The summed E-state index contributed by atoms with van der Waals surface area (Å²) in [5.74, 6) is 1.01. The molecule has 19 heavy (non-hydrogen) atoms. The molecule has 0 atom stereocenters. The van der Waals surface area contributed by atoms with Crippen molar-refractivity contribution >= 4 is 12.4 Å². The van der Waals surface area contributed by atoms with Crippen molar-refractivity contribution in [2.45, 2.75) is 20.4 Å². The fourth-order valence-corrected chi connectivity index (χ4v) is 1.79. The van der Waals surface area contributed by atoms with Crippen molar-refractivity contribution in [1.82, 2.24) is 4.90 Å². The summed E-state index contributed by atoms with van der Waals surface area (Å²) in [6.45, 7) is 5.93. The third-order valence-electron chi connectivity index (χ3n) is 2.74. The monoisotopic (exact) mass is 265 g/mol. The van der Waals surface area contributed by atoms with Gasteiger partial charge in [-0.1, -0.05) is 17.7 Å². The first-order valence-electron chi connectivity index (χ1n) is 6.02. The maximum absolute atomic E-state index is 11.3. The quantitative estimate of drug-likeness (QED) is 0.722. The Morgan fingerprint density at radius 2 is 2.16 bits per heavy atom. The number of methoxy groups -OCH3 is 1. The van der Waals surface area contributed by atoms with Crippen molar-refractivity contribution in [3.63, 3.8) is 0 Å². The van der Waals surface area contributed by atoms with Gasteiger partial charge in [0.2, 0.25) is 5.91 Å². The summed E-state index contributed by atoms with van der Waals surface area (Å²) < 4.78 is 9.45. The third-order valence-corrected chi connectivity index (χ3v) is 2.74. The van der Waals surface area contributed by atoms with Crippen LogP contribution >= 0.6 is 0 Å². The third kappa shape index (κ3) is 4.62. The standard InChI is InChI=1S/C12H15NO2.C2H4O2/c1-9-3-4-12-11(7-9)8-13(10(2)14)5-6-15-12;1-4-2-3/h3-4,7H,5-6,8H2,1-2H3;2H,1H3. The van der Waals surface area contributed by atoms with Crippen molar-refractivity contribution in [3.05, 3.63) is 29.3 Å². The summed E-state index contributed by atoms with van der Waals surface area (Å²) in [7, 11) is 1.31. The van der Waals surface area contributed by atoms with Crippen LogP contribution in [0.5, 0.6) is 5.75 Å². The number of carbonyl (C=O) groups excluding carboxylic acids is 2. The molecule has 0 aliphatic carbocycles. The van der Waals surface area contributed by atoms with Crippen LogP contribution in [0.4, 0.5) is 0 Å². The highest BCUT2D eigenvalue weighted by atomic mass is 16.5. The summed E-state index contributed by atoms with van der Waals surface area (Å²) in [5.41, 5.74) is 2.30. The molecule has 0 N–H and O–H groups in total. The average Bonchev–Trinajstić information content (AvgIpc) is 2.60. The van der Waals surface area contributed by atoms with E-state index in [0.717, 1.165) is 11.3 Å². The molecule has 0 bridgehead atoms. The minimum atomic E-state index is 0.105. The summed E-state index contributed by atoms with van der Waals surface area (Å²) in [5, 5.41) is 0. The lowest BCUT2D eigenvalue weighted by Gasteiger charge is -2.17. The van der Waals surface area contributed by atoms with Gasteiger partial charge < -0.3 is 14.4 Å². The van der Waals surface area contributed by atoms with Crippen LogP contribution in [-0.2, 0) is 20.9 Å². The zero-order valence-corrected chi connectivity index (χ0v) is 11.5. The summed E-state index contributed by atoms with van der Waals surface area (Å²) in [6, 6.07) is 6.09. The fraction of sp³-hybridized carbons (Fsp3) is 0.429. The number of benzene rings is 1. The number of aryl methyl sites for hydroxylation is 1. The highest BCUT2D eigenvalue weighted by Crippen LogP contribution is 2.23. The lowest BCUT2D eigenvalue weighted by molar-refractivity contribution is -0.129. The number of ether oxygens (including phenoxy) is 2. The van der Waals surface area contributed by atoms with Gasteiger partial charge in [-0.2, -0.15) is 0 Å². The second-order valence-corrected chi connectivity index (χ2v) is 4.23. The van der Waals surface area contributed by atoms with Crippen LogP contribution in [0.15, 0.2) is 18.2 Å². The Morgan fingerprint density at radius 3 is 2.74 bits per heavy atom. The van der Waals surface area contributed by atoms with E-state index in [0.29, 0.717) is 26.2 Å². The predicted molar refractivity (Wildman–Crippen MR) is 70.8 cm³/mol. The zero-order chi connectivity index (χ0) is 14.3. The molecule has 0 aromatic heterocycles. The van der Waals surface area contributed by atoms with Gasteiger partial charge in [0.15, 0.2) is 0 Å². The molecule has 1 aromatic carbocycles. The zero-order valence-electron chi connectivity index (χ0n) is 11.5. The van der Waals surface area contributed by atoms with Crippen molar-refractivity contribution in [2.24, 2.45) is 0 Å². The highest BCUT2D eigenvalue weighted by Gasteiger charge is 2.16. The molecule has 1 aliphatic heterocycles. The molecule has 0 fully saturated rings. The van der Waals surface area contributed by atoms with Gasteiger partial charge in [-0.05, 0) is 13.0 Å². The van der Waals surface area contributed by atoms with E-state index in [-0.39, 0.29) is 5.91 Å². The fourth-order valence-electron chi connectivity index (χ4n) is 1.79. The number of hydrogen-bond acceptors (Lipinski definition) is 4. The topological polar surface area (TPSA) is 55.8 Å². The minimum absolute atomic E-state index is 0.105. The van der Waals surface area contributed by atoms with Gasteiger partial charge in [0.05, 0.1) is 13.7 Å². The first-order chi connectivity index (χ1) is 9.08. The molecule has 104 valence electrons. The maximum Gasteiger partial charge on any atom is 0.292 e. The number of fused-ring (bicyclic) bond motifs is 1. The van der Waals surface area contributed by atoms with E-state index in [1.54, 1.807) is 6.92 Å². The minimum Gasteiger partial charge on any atom is -0.491 e. The van der Waals surface area contributed by atoms with Gasteiger partial charge in [0.25, 0.3) is 6.47 Å². The van der Waals surface area contributed by atoms with Crippen LogP contribution in [0.3, 0.4) is 0 Å². The Bertz CT molecular complexity index is 445. The Hall–Kier alpha value is -2.04. The predicted octanol–water partition coefficient (Wildman–Crippen LogP) is 1.53. The lowest BCUT2D eigenvalue weighted by Crippen LogP contribution is -2.30. The first-order valence-corrected chi connectivity index (χ1v) is 6.02. The van der Waals surface area contributed by atoms with Crippen LogP contribution in [-0.4, -0.2) is 37.5 Å². The molecule has 1 amide bonds. The molecule has 0 spiro atoms. The summed E-state index contributed by atoms with van der Waals surface area (Å²) >= 11 is 0. The van der Waals surface area contributed by atoms with E-state index in [4.69, 9.17) is 9.53 Å². The average molecular weight is 265 g/mol. The lowest BCUT2D eigenvalue weighted by atomic mass is 10.1. The molecule has 0 unspecified atom stereocenters. The highest BCUT2D eigenvalue weighted by molar-refractivity contribution is 5.73. The number of carbonyl (C=O) groups is 2. The van der Waals surface area contributed by atoms with Gasteiger partial charge in [0, 0.05) is 19.0 Å². The van der Waals surface area contributed by atoms with E-state index >= 15 is 0 Å². The maximum atomic E-state index is 11.3. The van der Waals surface area contributed by atoms with Crippen LogP contribution in [0.25, 0.3) is 0 Å². The Kier molecular flexibility index (Phi) is 5.85. The summed E-state index contributed by atoms with van der Waals surface area (Å²) in [6.07, 6.45) is 0. The number of amides is 1. The Labute approximate surface area is 113 Å². The molecule has 5 nitrogen and oxygen atoms in total. The molecule has 1 aliphatic rings. The van der Waals surface area contributed by atoms with Gasteiger partial charge >= 0.3 is 0 Å². The van der Waals surface area contributed by atoms with E-state index in [9.17, 15) is 4.79 Å². The molecule has 0 radical (unpaired) electrons.